The molecule has 5 heteroatoms. The minimum Gasteiger partial charge on any atom is -0.511 e. The molecule has 0 bridgehead atoms. The average Bonchev–Trinajstić information content (AvgIpc) is 3.52. The number of fused-ring (bicyclic) bond motifs is 1. The van der Waals surface area contributed by atoms with Gasteiger partial charge in [-0.2, -0.15) is 0 Å². The third-order valence-corrected chi connectivity index (χ3v) is 8.86. The molecule has 0 radical (unpaired) electrons. The molecule has 0 spiro atoms. The third kappa shape index (κ3) is 4.29. The topological polar surface area (TPSA) is 62.3 Å². The van der Waals surface area contributed by atoms with E-state index in [0.717, 1.165) is 59.0 Å². The molecule has 2 aliphatic rings. The number of ether oxygens (including phenoxy) is 1. The zero-order valence-corrected chi connectivity index (χ0v) is 21.9. The molecule has 5 rings (SSSR count). The molecular weight excluding hydrogens is 454 g/mol. The number of aryl methyl sites for hydroxylation is 1. The summed E-state index contributed by atoms with van der Waals surface area (Å²) < 4.78 is 6.46. The van der Waals surface area contributed by atoms with Gasteiger partial charge in [0.2, 0.25) is 0 Å². The highest BCUT2D eigenvalue weighted by Gasteiger charge is 2.50. The van der Waals surface area contributed by atoms with Crippen LogP contribution in [0, 0.1) is 5.92 Å². The molecule has 2 aromatic carbocycles. The molecule has 3 aromatic rings. The summed E-state index contributed by atoms with van der Waals surface area (Å²) in [5.41, 5.74) is 3.52. The monoisotopic (exact) mass is 489 g/mol. The van der Waals surface area contributed by atoms with Gasteiger partial charge in [0.25, 0.3) is 0 Å². The van der Waals surface area contributed by atoms with Crippen LogP contribution in [0.5, 0.6) is 0 Å². The first-order valence-electron chi connectivity index (χ1n) is 12.8. The van der Waals surface area contributed by atoms with E-state index in [0.29, 0.717) is 11.3 Å². The Bertz CT molecular complexity index is 1290. The van der Waals surface area contributed by atoms with Crippen molar-refractivity contribution in [3.63, 3.8) is 0 Å². The standard InChI is InChI=1S/C30H35NO3S/c1-5-19-10-6-9-13-22(19)30(21-11-7-8-12-21)18-25(32)27(28(33)34-30)35-26-16-20-14-15-31-24(20)17-23(26)29(2,3)4/h6,9-10,13-17,21,31-32H,5,7-8,11-12,18H2,1-4H3/t30-/m0/s1. The molecule has 0 amide bonds. The van der Waals surface area contributed by atoms with Crippen LogP contribution in [0.4, 0.5) is 0 Å². The van der Waals surface area contributed by atoms with Crippen LogP contribution in [0.25, 0.3) is 10.9 Å². The van der Waals surface area contributed by atoms with Gasteiger partial charge in [-0.25, -0.2) is 4.79 Å². The second-order valence-corrected chi connectivity index (χ2v) is 12.0. The highest BCUT2D eigenvalue weighted by molar-refractivity contribution is 8.04. The fraction of sp³-hybridized carbons (Fsp3) is 0.433. The number of hydrogen-bond acceptors (Lipinski definition) is 4. The Kier molecular flexibility index (Phi) is 6.25. The average molecular weight is 490 g/mol. The summed E-state index contributed by atoms with van der Waals surface area (Å²) in [6, 6.07) is 14.6. The number of cyclic esters (lactones) is 1. The van der Waals surface area contributed by atoms with Crippen LogP contribution in [0.2, 0.25) is 0 Å². The molecule has 1 aliphatic carbocycles. The lowest BCUT2D eigenvalue weighted by molar-refractivity contribution is -0.167. The first-order valence-corrected chi connectivity index (χ1v) is 13.6. The number of carbonyl (C=O) groups is 1. The number of nitrogens with one attached hydrogen (secondary N) is 1. The van der Waals surface area contributed by atoms with Crippen molar-refractivity contribution in [2.24, 2.45) is 5.92 Å². The smallest absolute Gasteiger partial charge is 0.349 e. The third-order valence-electron chi connectivity index (χ3n) is 7.69. The maximum absolute atomic E-state index is 13.7. The first-order chi connectivity index (χ1) is 16.7. The molecule has 1 aliphatic heterocycles. The number of esters is 1. The van der Waals surface area contributed by atoms with E-state index in [-0.39, 0.29) is 17.1 Å². The van der Waals surface area contributed by atoms with Crippen LogP contribution in [-0.4, -0.2) is 16.1 Å². The summed E-state index contributed by atoms with van der Waals surface area (Å²) in [5, 5.41) is 12.5. The summed E-state index contributed by atoms with van der Waals surface area (Å²) in [6.45, 7) is 8.64. The molecule has 0 unspecified atom stereocenters. The Balaban J connectivity index is 1.58. The van der Waals surface area contributed by atoms with Gasteiger partial charge in [0, 0.05) is 27.9 Å². The van der Waals surface area contributed by atoms with Crippen LogP contribution in [-0.2, 0) is 27.0 Å². The van der Waals surface area contributed by atoms with Gasteiger partial charge in [0.05, 0.1) is 6.42 Å². The Morgan fingerprint density at radius 2 is 1.89 bits per heavy atom. The Morgan fingerprint density at radius 1 is 1.14 bits per heavy atom. The van der Waals surface area contributed by atoms with Crippen molar-refractivity contribution >= 4 is 28.6 Å². The van der Waals surface area contributed by atoms with Crippen LogP contribution in [0.1, 0.15) is 76.5 Å². The van der Waals surface area contributed by atoms with Gasteiger partial charge < -0.3 is 14.8 Å². The second kappa shape index (κ2) is 9.09. The fourth-order valence-electron chi connectivity index (χ4n) is 5.89. The molecule has 0 saturated heterocycles. The maximum Gasteiger partial charge on any atom is 0.349 e. The van der Waals surface area contributed by atoms with E-state index in [1.165, 1.54) is 17.3 Å². The number of aromatic amines is 1. The van der Waals surface area contributed by atoms with E-state index in [2.05, 4.69) is 56.9 Å². The Labute approximate surface area is 212 Å². The molecule has 1 atom stereocenters. The summed E-state index contributed by atoms with van der Waals surface area (Å²) in [4.78, 5) is 18.2. The van der Waals surface area contributed by atoms with Crippen LogP contribution < -0.4 is 0 Å². The Hall–Kier alpha value is -2.66. The van der Waals surface area contributed by atoms with Crippen LogP contribution >= 0.6 is 11.8 Å². The largest absolute Gasteiger partial charge is 0.511 e. The van der Waals surface area contributed by atoms with Gasteiger partial charge in [-0.3, -0.25) is 0 Å². The Morgan fingerprint density at radius 3 is 2.57 bits per heavy atom. The van der Waals surface area contributed by atoms with E-state index in [1.807, 2.05) is 24.4 Å². The van der Waals surface area contributed by atoms with E-state index < -0.39 is 11.6 Å². The number of aromatic nitrogens is 1. The zero-order chi connectivity index (χ0) is 24.8. The van der Waals surface area contributed by atoms with Crippen molar-refractivity contribution in [2.75, 3.05) is 0 Å². The molecule has 1 aromatic heterocycles. The van der Waals surface area contributed by atoms with E-state index in [4.69, 9.17) is 4.74 Å². The van der Waals surface area contributed by atoms with E-state index in [9.17, 15) is 9.90 Å². The lowest BCUT2D eigenvalue weighted by Gasteiger charge is -2.43. The van der Waals surface area contributed by atoms with Gasteiger partial charge in [-0.15, -0.1) is 0 Å². The lowest BCUT2D eigenvalue weighted by Crippen LogP contribution is -2.43. The first kappa shape index (κ1) is 24.1. The molecule has 4 nitrogen and oxygen atoms in total. The van der Waals surface area contributed by atoms with E-state index >= 15 is 0 Å². The van der Waals surface area contributed by atoms with Gasteiger partial charge in [-0.05, 0) is 59.6 Å². The maximum atomic E-state index is 13.7. The highest BCUT2D eigenvalue weighted by atomic mass is 32.2. The number of rotatable bonds is 5. The lowest BCUT2D eigenvalue weighted by atomic mass is 9.74. The number of carbonyl (C=O) groups excluding carboxylic acids is 1. The molecule has 35 heavy (non-hydrogen) atoms. The number of benzene rings is 2. The minimum atomic E-state index is -0.800. The van der Waals surface area contributed by atoms with E-state index in [1.54, 1.807) is 0 Å². The molecule has 1 fully saturated rings. The van der Waals surface area contributed by atoms with Crippen molar-refractivity contribution in [1.29, 1.82) is 0 Å². The summed E-state index contributed by atoms with van der Waals surface area (Å²) in [7, 11) is 0. The van der Waals surface area contributed by atoms with Gasteiger partial charge >= 0.3 is 5.97 Å². The molecule has 2 heterocycles. The fourth-order valence-corrected chi connectivity index (χ4v) is 7.08. The SMILES string of the molecule is CCc1ccccc1[C@@]1(C2CCCC2)CC(O)=C(Sc2cc3cc[nH]c3cc2C(C)(C)C)C(=O)O1. The van der Waals surface area contributed by atoms with Crippen molar-refractivity contribution < 1.29 is 14.6 Å². The normalized spacial score (nSPS) is 21.7. The predicted molar refractivity (Wildman–Crippen MR) is 143 cm³/mol. The molecule has 2 N–H and O–H groups in total. The van der Waals surface area contributed by atoms with Crippen LogP contribution in [0.3, 0.4) is 0 Å². The van der Waals surface area contributed by atoms with Gasteiger partial charge in [0.1, 0.15) is 16.3 Å². The summed E-state index contributed by atoms with van der Waals surface area (Å²) in [5.74, 6) is -0.0437. The number of hydrogen-bond donors (Lipinski definition) is 2. The quantitative estimate of drug-likeness (QED) is 0.357. The number of H-pyrrole nitrogens is 1. The zero-order valence-electron chi connectivity index (χ0n) is 21.1. The summed E-state index contributed by atoms with van der Waals surface area (Å²) >= 11 is 1.34. The van der Waals surface area contributed by atoms with Crippen molar-refractivity contribution in [3.8, 4) is 0 Å². The van der Waals surface area contributed by atoms with Crippen molar-refractivity contribution in [1.82, 2.24) is 4.98 Å². The highest BCUT2D eigenvalue weighted by Crippen LogP contribution is 2.52. The predicted octanol–water partition coefficient (Wildman–Crippen LogP) is 7.92. The molecule has 184 valence electrons. The minimum absolute atomic E-state index is 0.121. The number of aliphatic hydroxyl groups is 1. The van der Waals surface area contributed by atoms with Gasteiger partial charge in [-0.1, -0.05) is 76.6 Å². The van der Waals surface area contributed by atoms with Crippen molar-refractivity contribution in [2.45, 2.75) is 82.1 Å². The number of aliphatic hydroxyl groups excluding tert-OH is 1. The second-order valence-electron chi connectivity index (χ2n) is 11.0. The summed E-state index contributed by atoms with van der Waals surface area (Å²) in [6.07, 6.45) is 7.42. The molecule has 1 saturated carbocycles. The number of thioether (sulfide) groups is 1. The van der Waals surface area contributed by atoms with Gasteiger partial charge in [0.15, 0.2) is 0 Å². The molecular formula is C30H35NO3S. The van der Waals surface area contributed by atoms with Crippen LogP contribution in [0.15, 0.2) is 64.2 Å². The van der Waals surface area contributed by atoms with Crippen molar-refractivity contribution in [3.05, 3.63) is 76.0 Å².